The quantitative estimate of drug-likeness (QED) is 0.424. The summed E-state index contributed by atoms with van der Waals surface area (Å²) in [5.74, 6) is 0.489. The van der Waals surface area contributed by atoms with Crippen molar-refractivity contribution in [1.82, 2.24) is 0 Å². The maximum Gasteiger partial charge on any atom is 0.539 e. The maximum atomic E-state index is 10.5. The van der Waals surface area contributed by atoms with Gasteiger partial charge < -0.3 is 18.0 Å². The summed E-state index contributed by atoms with van der Waals surface area (Å²) >= 11 is 0. The van der Waals surface area contributed by atoms with Crippen LogP contribution in [0.15, 0.2) is 24.3 Å². The monoisotopic (exact) mass is 273 g/mol. The molecule has 0 radical (unpaired) electrons. The lowest BCUT2D eigenvalue weighted by Crippen LogP contribution is -2.49. The van der Waals surface area contributed by atoms with Gasteiger partial charge in [-0.05, 0) is 12.1 Å². The van der Waals surface area contributed by atoms with E-state index in [1.165, 1.54) is 45.6 Å². The third-order valence-corrected chi connectivity index (χ3v) is 4.76. The van der Waals surface area contributed by atoms with Gasteiger partial charge in [0.2, 0.25) is 0 Å². The Hall–Kier alpha value is -1.48. The predicted molar refractivity (Wildman–Crippen MR) is 65.4 cm³/mol. The fraction of sp³-hybridized carbons (Fsp3) is 0.400. The highest BCUT2D eigenvalue weighted by molar-refractivity contribution is 6.60. The first-order valence-electron chi connectivity index (χ1n) is 5.09. The van der Waals surface area contributed by atoms with Crippen LogP contribution in [0.5, 0.6) is 5.75 Å². The molecule has 0 aromatic heterocycles. The van der Waals surface area contributed by atoms with Gasteiger partial charge in [-0.15, -0.1) is 0 Å². The van der Waals surface area contributed by atoms with Crippen LogP contribution in [0.25, 0.3) is 0 Å². The number of ether oxygens (including phenoxy) is 1. The number of nitrogens with zero attached hydrogens (tertiary/aromatic N) is 1. The minimum Gasteiger partial charge on any atom is -0.489 e. The molecule has 0 atom stereocenters. The topological polar surface area (TPSA) is 80.1 Å². The van der Waals surface area contributed by atoms with E-state index in [1.54, 1.807) is 0 Å². The molecule has 0 aliphatic heterocycles. The Balaban J connectivity index is 2.65. The molecule has 8 heteroatoms. The van der Waals surface area contributed by atoms with Crippen LogP contribution in [0, 0.1) is 10.1 Å². The van der Waals surface area contributed by atoms with Crippen LogP contribution in [0.2, 0.25) is 0 Å². The molecule has 0 saturated heterocycles. The van der Waals surface area contributed by atoms with E-state index in [9.17, 15) is 10.1 Å². The van der Waals surface area contributed by atoms with Gasteiger partial charge in [-0.1, -0.05) is 0 Å². The largest absolute Gasteiger partial charge is 0.539 e. The summed E-state index contributed by atoms with van der Waals surface area (Å²) in [5, 5.41) is 10.5. The van der Waals surface area contributed by atoms with E-state index >= 15 is 0 Å². The Morgan fingerprint density at radius 1 is 1.11 bits per heavy atom. The van der Waals surface area contributed by atoms with Gasteiger partial charge in [0, 0.05) is 33.5 Å². The van der Waals surface area contributed by atoms with E-state index in [2.05, 4.69) is 0 Å². The molecular weight excluding hydrogens is 258 g/mol. The fourth-order valence-corrected chi connectivity index (χ4v) is 2.46. The summed E-state index contributed by atoms with van der Waals surface area (Å²) in [6, 6.07) is 5.76. The number of benzene rings is 1. The first-order valence-corrected chi connectivity index (χ1v) is 7.03. The molecule has 0 amide bonds. The normalized spacial score (nSPS) is 11.3. The molecule has 0 unspecified atom stereocenters. The Morgan fingerprint density at radius 3 is 2.00 bits per heavy atom. The lowest BCUT2D eigenvalue weighted by molar-refractivity contribution is -0.384. The van der Waals surface area contributed by atoms with E-state index in [4.69, 9.17) is 18.0 Å². The molecule has 1 aromatic rings. The molecule has 1 rings (SSSR count). The van der Waals surface area contributed by atoms with Crippen LogP contribution in [0.1, 0.15) is 0 Å². The molecule has 0 aliphatic rings. The molecule has 1 aromatic carbocycles. The molecule has 0 saturated carbocycles. The van der Waals surface area contributed by atoms with Crippen molar-refractivity contribution >= 4 is 14.5 Å². The van der Waals surface area contributed by atoms with Gasteiger partial charge in [0.05, 0.1) is 4.92 Å². The summed E-state index contributed by atoms with van der Waals surface area (Å²) in [6.07, 6.45) is 0.133. The van der Waals surface area contributed by atoms with Crippen molar-refractivity contribution in [3.8, 4) is 5.75 Å². The number of hydrogen-bond acceptors (Lipinski definition) is 6. The zero-order chi connectivity index (χ0) is 13.6. The van der Waals surface area contributed by atoms with Crippen LogP contribution in [0.3, 0.4) is 0 Å². The van der Waals surface area contributed by atoms with Crippen molar-refractivity contribution in [2.24, 2.45) is 0 Å². The second kappa shape index (κ2) is 6.45. The molecule has 0 fully saturated rings. The summed E-state index contributed by atoms with van der Waals surface area (Å²) in [6.45, 7) is 0. The average molecular weight is 273 g/mol. The summed E-state index contributed by atoms with van der Waals surface area (Å²) in [4.78, 5) is 10.0. The van der Waals surface area contributed by atoms with Crippen molar-refractivity contribution in [1.29, 1.82) is 0 Å². The number of nitro groups is 1. The minimum atomic E-state index is -2.79. The van der Waals surface area contributed by atoms with Crippen LogP contribution >= 0.6 is 0 Å². The van der Waals surface area contributed by atoms with Gasteiger partial charge in [-0.3, -0.25) is 10.1 Å². The van der Waals surface area contributed by atoms with Crippen molar-refractivity contribution in [3.63, 3.8) is 0 Å². The molecule has 0 bridgehead atoms. The SMILES string of the molecule is CO[Si](COc1ccc([N+](=O)[O-])cc1)(OC)OC. The van der Waals surface area contributed by atoms with Gasteiger partial charge in [-0.2, -0.15) is 0 Å². The third kappa shape index (κ3) is 3.50. The number of rotatable bonds is 7. The molecule has 18 heavy (non-hydrogen) atoms. The molecular formula is C10H15NO6Si. The first kappa shape index (κ1) is 14.6. The van der Waals surface area contributed by atoms with Crippen LogP contribution in [-0.2, 0) is 13.3 Å². The standard InChI is InChI=1S/C10H15NO6Si/c1-14-18(15-2,16-3)8-17-10-6-4-9(5-7-10)11(12)13/h4-7H,8H2,1-3H3. The zero-order valence-corrected chi connectivity index (χ0v) is 11.4. The number of nitro benzene ring substituents is 1. The summed E-state index contributed by atoms with van der Waals surface area (Å²) in [7, 11) is 1.66. The Bertz CT molecular complexity index is 384. The van der Waals surface area contributed by atoms with Crippen LogP contribution in [0.4, 0.5) is 5.69 Å². The van der Waals surface area contributed by atoms with Crippen LogP contribution in [-0.4, -0.2) is 41.3 Å². The second-order valence-electron chi connectivity index (χ2n) is 3.34. The van der Waals surface area contributed by atoms with Gasteiger partial charge >= 0.3 is 8.80 Å². The van der Waals surface area contributed by atoms with E-state index in [-0.39, 0.29) is 11.9 Å². The predicted octanol–water partition coefficient (Wildman–Crippen LogP) is 1.39. The molecule has 100 valence electrons. The smallest absolute Gasteiger partial charge is 0.489 e. The molecule has 7 nitrogen and oxygen atoms in total. The Kier molecular flexibility index (Phi) is 5.22. The van der Waals surface area contributed by atoms with Crippen molar-refractivity contribution < 1.29 is 22.9 Å². The van der Waals surface area contributed by atoms with Crippen molar-refractivity contribution in [2.45, 2.75) is 0 Å². The number of hydrogen-bond donors (Lipinski definition) is 0. The third-order valence-electron chi connectivity index (χ3n) is 2.40. The van der Waals surface area contributed by atoms with Gasteiger partial charge in [0.25, 0.3) is 5.69 Å². The fourth-order valence-electron chi connectivity index (χ4n) is 1.26. The Labute approximate surface area is 106 Å². The average Bonchev–Trinajstić information content (AvgIpc) is 2.41. The lowest BCUT2D eigenvalue weighted by Gasteiger charge is -2.24. The highest BCUT2D eigenvalue weighted by Gasteiger charge is 2.39. The van der Waals surface area contributed by atoms with E-state index in [1.807, 2.05) is 0 Å². The van der Waals surface area contributed by atoms with Gasteiger partial charge in [0.15, 0.2) is 6.23 Å². The van der Waals surface area contributed by atoms with Crippen molar-refractivity contribution in [3.05, 3.63) is 34.4 Å². The van der Waals surface area contributed by atoms with E-state index < -0.39 is 13.7 Å². The molecule has 0 N–H and O–H groups in total. The molecule has 0 spiro atoms. The van der Waals surface area contributed by atoms with Crippen molar-refractivity contribution in [2.75, 3.05) is 27.6 Å². The molecule has 0 heterocycles. The maximum absolute atomic E-state index is 10.5. The van der Waals surface area contributed by atoms with Crippen LogP contribution < -0.4 is 4.74 Å². The van der Waals surface area contributed by atoms with Gasteiger partial charge in [-0.25, -0.2) is 0 Å². The second-order valence-corrected chi connectivity index (χ2v) is 6.21. The van der Waals surface area contributed by atoms with E-state index in [0.717, 1.165) is 0 Å². The summed E-state index contributed by atoms with van der Waals surface area (Å²) < 4.78 is 21.0. The van der Waals surface area contributed by atoms with Gasteiger partial charge in [0.1, 0.15) is 5.75 Å². The first-order chi connectivity index (χ1) is 8.56. The lowest BCUT2D eigenvalue weighted by atomic mass is 10.3. The minimum absolute atomic E-state index is 0.0103. The zero-order valence-electron chi connectivity index (χ0n) is 10.4. The highest BCUT2D eigenvalue weighted by Crippen LogP contribution is 2.18. The number of non-ortho nitro benzene ring substituents is 1. The molecule has 0 aliphatic carbocycles. The van der Waals surface area contributed by atoms with E-state index in [0.29, 0.717) is 5.75 Å². The Morgan fingerprint density at radius 2 is 1.61 bits per heavy atom. The summed E-state index contributed by atoms with van der Waals surface area (Å²) in [5.41, 5.74) is 0.0103. The highest BCUT2D eigenvalue weighted by atomic mass is 28.4.